The third kappa shape index (κ3) is 2.02. The minimum Gasteiger partial charge on any atom is -0.391 e. The van der Waals surface area contributed by atoms with Crippen molar-refractivity contribution in [2.45, 2.75) is 37.8 Å². The van der Waals surface area contributed by atoms with E-state index in [0.29, 0.717) is 0 Å². The Morgan fingerprint density at radius 2 is 2.27 bits per heavy atom. The summed E-state index contributed by atoms with van der Waals surface area (Å²) in [6, 6.07) is 0.0411. The summed E-state index contributed by atoms with van der Waals surface area (Å²) in [6.45, 7) is 0. The van der Waals surface area contributed by atoms with Gasteiger partial charge in [-0.05, 0) is 12.8 Å². The Morgan fingerprint density at radius 1 is 1.53 bits per heavy atom. The molecule has 1 aromatic heterocycles. The van der Waals surface area contributed by atoms with Crippen molar-refractivity contribution in [3.63, 3.8) is 0 Å². The number of aliphatic hydroxyl groups excluding tert-OH is 1. The minimum absolute atomic E-state index is 0.0411. The molecule has 0 unspecified atom stereocenters. The zero-order chi connectivity index (χ0) is 10.8. The monoisotopic (exact) mass is 209 g/mol. The van der Waals surface area contributed by atoms with Crippen LogP contribution in [-0.2, 0) is 0 Å². The number of nitrogens with zero attached hydrogens (tertiary/aromatic N) is 2. The van der Waals surface area contributed by atoms with Gasteiger partial charge in [0.25, 0.3) is 5.91 Å². The molecule has 5 nitrogen and oxygen atoms in total. The number of rotatable bonds is 2. The maximum atomic E-state index is 10.9. The molecule has 1 aromatic rings. The summed E-state index contributed by atoms with van der Waals surface area (Å²) in [5.74, 6) is -0.529. The second-order valence-corrected chi connectivity index (χ2v) is 3.99. The number of hydrogen-bond donors (Lipinski definition) is 2. The molecule has 2 rings (SSSR count). The topological polar surface area (TPSA) is 81.1 Å². The second kappa shape index (κ2) is 4.02. The SMILES string of the molecule is NC(=O)c1cn([C@H]2CCCC[C@@H]2O)cn1. The number of primary amides is 1. The highest BCUT2D eigenvalue weighted by Crippen LogP contribution is 2.28. The van der Waals surface area contributed by atoms with Crippen LogP contribution in [0, 0.1) is 0 Å². The van der Waals surface area contributed by atoms with Crippen molar-refractivity contribution in [2.75, 3.05) is 0 Å². The van der Waals surface area contributed by atoms with Crippen LogP contribution >= 0.6 is 0 Å². The van der Waals surface area contributed by atoms with Gasteiger partial charge in [-0.1, -0.05) is 12.8 Å². The van der Waals surface area contributed by atoms with Gasteiger partial charge >= 0.3 is 0 Å². The van der Waals surface area contributed by atoms with Crippen molar-refractivity contribution < 1.29 is 9.90 Å². The van der Waals surface area contributed by atoms with Crippen LogP contribution in [0.1, 0.15) is 42.2 Å². The highest BCUT2D eigenvalue weighted by molar-refractivity contribution is 5.90. The zero-order valence-corrected chi connectivity index (χ0v) is 8.47. The van der Waals surface area contributed by atoms with E-state index in [-0.39, 0.29) is 17.8 Å². The Kier molecular flexibility index (Phi) is 2.73. The molecular formula is C10H15N3O2. The lowest BCUT2D eigenvalue weighted by Crippen LogP contribution is -2.26. The Hall–Kier alpha value is -1.36. The number of carbonyl (C=O) groups excluding carboxylic acids is 1. The van der Waals surface area contributed by atoms with Crippen molar-refractivity contribution in [3.8, 4) is 0 Å². The van der Waals surface area contributed by atoms with Crippen molar-refractivity contribution in [1.82, 2.24) is 9.55 Å². The molecule has 1 saturated carbocycles. The van der Waals surface area contributed by atoms with Crippen LogP contribution in [0.3, 0.4) is 0 Å². The summed E-state index contributed by atoms with van der Waals surface area (Å²) in [7, 11) is 0. The van der Waals surface area contributed by atoms with Gasteiger partial charge in [0.15, 0.2) is 0 Å². The summed E-state index contributed by atoms with van der Waals surface area (Å²) < 4.78 is 1.80. The van der Waals surface area contributed by atoms with Crippen LogP contribution in [0.25, 0.3) is 0 Å². The van der Waals surface area contributed by atoms with E-state index in [1.165, 1.54) is 0 Å². The fraction of sp³-hybridized carbons (Fsp3) is 0.600. The molecule has 0 saturated heterocycles. The molecule has 2 atom stereocenters. The van der Waals surface area contributed by atoms with E-state index in [4.69, 9.17) is 5.73 Å². The molecule has 5 heteroatoms. The van der Waals surface area contributed by atoms with E-state index < -0.39 is 5.91 Å². The van der Waals surface area contributed by atoms with Crippen molar-refractivity contribution >= 4 is 5.91 Å². The molecule has 1 heterocycles. The molecule has 1 fully saturated rings. The van der Waals surface area contributed by atoms with Crippen LogP contribution in [0.5, 0.6) is 0 Å². The highest BCUT2D eigenvalue weighted by atomic mass is 16.3. The summed E-state index contributed by atoms with van der Waals surface area (Å²) in [5, 5.41) is 9.81. The highest BCUT2D eigenvalue weighted by Gasteiger charge is 2.24. The quantitative estimate of drug-likeness (QED) is 0.742. The van der Waals surface area contributed by atoms with Crippen LogP contribution < -0.4 is 5.73 Å². The number of carbonyl (C=O) groups is 1. The van der Waals surface area contributed by atoms with Gasteiger partial charge in [-0.2, -0.15) is 0 Å². The number of aliphatic hydroxyl groups is 1. The molecule has 0 aromatic carbocycles. The first-order chi connectivity index (χ1) is 7.18. The van der Waals surface area contributed by atoms with E-state index >= 15 is 0 Å². The minimum atomic E-state index is -0.529. The van der Waals surface area contributed by atoms with Gasteiger partial charge < -0.3 is 15.4 Å². The molecule has 15 heavy (non-hydrogen) atoms. The Bertz CT molecular complexity index is 361. The second-order valence-electron chi connectivity index (χ2n) is 3.99. The molecule has 0 radical (unpaired) electrons. The van der Waals surface area contributed by atoms with Crippen LogP contribution in [0.4, 0.5) is 0 Å². The molecule has 0 spiro atoms. The normalized spacial score (nSPS) is 26.5. The summed E-state index contributed by atoms with van der Waals surface area (Å²) >= 11 is 0. The average Bonchev–Trinajstić information content (AvgIpc) is 2.67. The lowest BCUT2D eigenvalue weighted by molar-refractivity contribution is 0.0753. The van der Waals surface area contributed by atoms with E-state index in [2.05, 4.69) is 4.98 Å². The van der Waals surface area contributed by atoms with E-state index in [1.807, 2.05) is 0 Å². The molecule has 1 amide bonds. The average molecular weight is 209 g/mol. The fourth-order valence-corrected chi connectivity index (χ4v) is 2.08. The van der Waals surface area contributed by atoms with Crippen molar-refractivity contribution in [3.05, 3.63) is 18.2 Å². The van der Waals surface area contributed by atoms with Gasteiger partial charge in [0.2, 0.25) is 0 Å². The third-order valence-electron chi connectivity index (χ3n) is 2.93. The molecule has 0 bridgehead atoms. The fourth-order valence-electron chi connectivity index (χ4n) is 2.08. The lowest BCUT2D eigenvalue weighted by Gasteiger charge is -2.28. The number of nitrogens with two attached hydrogens (primary N) is 1. The van der Waals surface area contributed by atoms with Gasteiger partial charge in [-0.15, -0.1) is 0 Å². The summed E-state index contributed by atoms with van der Waals surface area (Å²) in [5.41, 5.74) is 5.37. The first-order valence-corrected chi connectivity index (χ1v) is 5.20. The first kappa shape index (κ1) is 10.2. The molecular weight excluding hydrogens is 194 g/mol. The Labute approximate surface area is 87.9 Å². The largest absolute Gasteiger partial charge is 0.391 e. The van der Waals surface area contributed by atoms with Gasteiger partial charge in [0.05, 0.1) is 18.5 Å². The lowest BCUT2D eigenvalue weighted by atomic mass is 9.92. The van der Waals surface area contributed by atoms with Gasteiger partial charge in [0.1, 0.15) is 5.69 Å². The van der Waals surface area contributed by atoms with Crippen LogP contribution in [0.2, 0.25) is 0 Å². The van der Waals surface area contributed by atoms with E-state index in [1.54, 1.807) is 17.1 Å². The number of imidazole rings is 1. The zero-order valence-electron chi connectivity index (χ0n) is 8.47. The van der Waals surface area contributed by atoms with E-state index in [0.717, 1.165) is 25.7 Å². The first-order valence-electron chi connectivity index (χ1n) is 5.20. The maximum absolute atomic E-state index is 10.9. The van der Waals surface area contributed by atoms with Crippen LogP contribution in [0.15, 0.2) is 12.5 Å². The van der Waals surface area contributed by atoms with E-state index in [9.17, 15) is 9.90 Å². The smallest absolute Gasteiger partial charge is 0.268 e. The number of aromatic nitrogens is 2. The molecule has 0 aliphatic heterocycles. The predicted molar refractivity (Wildman–Crippen MR) is 54.3 cm³/mol. The van der Waals surface area contributed by atoms with Gasteiger partial charge in [-0.3, -0.25) is 4.79 Å². The maximum Gasteiger partial charge on any atom is 0.268 e. The third-order valence-corrected chi connectivity index (χ3v) is 2.93. The van der Waals surface area contributed by atoms with Gasteiger partial charge in [0, 0.05) is 6.20 Å². The number of hydrogen-bond acceptors (Lipinski definition) is 3. The molecule has 82 valence electrons. The standard InChI is InChI=1S/C10H15N3O2/c11-10(15)7-5-13(6-12-7)8-3-1-2-4-9(8)14/h5-6,8-9,14H,1-4H2,(H2,11,15)/t8-,9-/m0/s1. The van der Waals surface area contributed by atoms with Crippen LogP contribution in [-0.4, -0.2) is 26.7 Å². The molecule has 3 N–H and O–H groups in total. The number of amides is 1. The van der Waals surface area contributed by atoms with Crippen molar-refractivity contribution in [2.24, 2.45) is 5.73 Å². The molecule has 1 aliphatic rings. The molecule has 1 aliphatic carbocycles. The summed E-state index contributed by atoms with van der Waals surface area (Å²) in [4.78, 5) is 14.8. The van der Waals surface area contributed by atoms with Crippen molar-refractivity contribution in [1.29, 1.82) is 0 Å². The Balaban J connectivity index is 2.17. The predicted octanol–water partition coefficient (Wildman–Crippen LogP) is 0.458. The van der Waals surface area contributed by atoms with Gasteiger partial charge in [-0.25, -0.2) is 4.98 Å². The summed E-state index contributed by atoms with van der Waals surface area (Å²) in [6.07, 6.45) is 6.75. The Morgan fingerprint density at radius 3 is 2.87 bits per heavy atom.